The van der Waals surface area contributed by atoms with Gasteiger partial charge < -0.3 is 5.32 Å². The number of halogens is 1. The van der Waals surface area contributed by atoms with Crippen molar-refractivity contribution in [1.29, 1.82) is 0 Å². The van der Waals surface area contributed by atoms with Crippen LogP contribution in [0.3, 0.4) is 0 Å². The van der Waals surface area contributed by atoms with Gasteiger partial charge in [0.05, 0.1) is 11.4 Å². The van der Waals surface area contributed by atoms with Crippen molar-refractivity contribution in [3.63, 3.8) is 0 Å². The Morgan fingerprint density at radius 3 is 2.21 bits per heavy atom. The second-order valence-corrected chi connectivity index (χ2v) is 9.64. The summed E-state index contributed by atoms with van der Waals surface area (Å²) in [5.41, 5.74) is 3.12. The zero-order chi connectivity index (χ0) is 21.6. The molecule has 29 heavy (non-hydrogen) atoms. The summed E-state index contributed by atoms with van der Waals surface area (Å²) < 4.78 is 28.3. The number of benzene rings is 2. The molecular formula is C22H29ClN2O3S. The predicted molar refractivity (Wildman–Crippen MR) is 118 cm³/mol. The standard InChI is InChI=1S/C22H29ClN2O3S/c1-5-6-11-24-21(26)15-25(14-19-7-9-20(23)10-8-19)29(27,28)22-17(3)12-16(2)13-18(22)4/h7-10,12-13H,5-6,11,14-15H2,1-4H3,(H,24,26). The minimum absolute atomic E-state index is 0.0907. The Morgan fingerprint density at radius 1 is 1.07 bits per heavy atom. The topological polar surface area (TPSA) is 66.5 Å². The number of carbonyl (C=O) groups is 1. The second-order valence-electron chi connectivity index (χ2n) is 7.33. The molecule has 0 spiro atoms. The monoisotopic (exact) mass is 436 g/mol. The summed E-state index contributed by atoms with van der Waals surface area (Å²) in [6.45, 7) is 7.93. The Morgan fingerprint density at radius 2 is 1.66 bits per heavy atom. The first-order chi connectivity index (χ1) is 13.6. The van der Waals surface area contributed by atoms with E-state index in [4.69, 9.17) is 11.6 Å². The van der Waals surface area contributed by atoms with Gasteiger partial charge in [-0.2, -0.15) is 4.31 Å². The van der Waals surface area contributed by atoms with Crippen LogP contribution >= 0.6 is 11.6 Å². The number of sulfonamides is 1. The van der Waals surface area contributed by atoms with Gasteiger partial charge in [0.15, 0.2) is 0 Å². The fraction of sp³-hybridized carbons (Fsp3) is 0.409. The van der Waals surface area contributed by atoms with Crippen LogP contribution in [0, 0.1) is 20.8 Å². The van der Waals surface area contributed by atoms with Gasteiger partial charge in [0.1, 0.15) is 0 Å². The fourth-order valence-electron chi connectivity index (χ4n) is 3.34. The predicted octanol–water partition coefficient (Wildman–Crippen LogP) is 4.37. The van der Waals surface area contributed by atoms with E-state index < -0.39 is 10.0 Å². The van der Waals surface area contributed by atoms with Gasteiger partial charge >= 0.3 is 0 Å². The van der Waals surface area contributed by atoms with Crippen molar-refractivity contribution in [2.75, 3.05) is 13.1 Å². The van der Waals surface area contributed by atoms with E-state index in [0.29, 0.717) is 22.7 Å². The highest BCUT2D eigenvalue weighted by molar-refractivity contribution is 7.89. The summed E-state index contributed by atoms with van der Waals surface area (Å²) in [5.74, 6) is -0.307. The van der Waals surface area contributed by atoms with E-state index in [9.17, 15) is 13.2 Å². The smallest absolute Gasteiger partial charge is 0.244 e. The molecule has 0 radical (unpaired) electrons. The van der Waals surface area contributed by atoms with Crippen molar-refractivity contribution < 1.29 is 13.2 Å². The first-order valence-electron chi connectivity index (χ1n) is 9.74. The number of nitrogens with zero attached hydrogens (tertiary/aromatic N) is 1. The Hall–Kier alpha value is -1.89. The summed E-state index contributed by atoms with van der Waals surface area (Å²) in [7, 11) is -3.87. The molecule has 5 nitrogen and oxygen atoms in total. The zero-order valence-electron chi connectivity index (χ0n) is 17.5. The van der Waals surface area contributed by atoms with Gasteiger partial charge in [-0.05, 0) is 56.0 Å². The van der Waals surface area contributed by atoms with E-state index in [0.717, 1.165) is 24.0 Å². The van der Waals surface area contributed by atoms with Gasteiger partial charge in [-0.3, -0.25) is 4.79 Å². The Bertz CT molecular complexity index is 934. The molecule has 0 saturated heterocycles. The molecular weight excluding hydrogens is 408 g/mol. The van der Waals surface area contributed by atoms with Crippen LogP contribution in [0.15, 0.2) is 41.3 Å². The molecule has 2 aromatic carbocycles. The lowest BCUT2D eigenvalue weighted by molar-refractivity contribution is -0.121. The molecule has 0 aliphatic carbocycles. The van der Waals surface area contributed by atoms with Crippen LogP contribution in [0.1, 0.15) is 42.0 Å². The molecule has 2 aromatic rings. The number of nitrogens with one attached hydrogen (secondary N) is 1. The highest BCUT2D eigenvalue weighted by Crippen LogP contribution is 2.26. The van der Waals surface area contributed by atoms with E-state index >= 15 is 0 Å². The number of hydrogen-bond donors (Lipinski definition) is 1. The van der Waals surface area contributed by atoms with Crippen LogP contribution in [0.5, 0.6) is 0 Å². The fourth-order valence-corrected chi connectivity index (χ4v) is 5.26. The average molecular weight is 437 g/mol. The van der Waals surface area contributed by atoms with Crippen molar-refractivity contribution in [2.24, 2.45) is 0 Å². The molecule has 0 aliphatic heterocycles. The quantitative estimate of drug-likeness (QED) is 0.593. The maximum atomic E-state index is 13.5. The molecule has 158 valence electrons. The van der Waals surface area contributed by atoms with Gasteiger partial charge in [-0.15, -0.1) is 0 Å². The molecule has 0 unspecified atom stereocenters. The lowest BCUT2D eigenvalue weighted by Gasteiger charge is -2.24. The summed E-state index contributed by atoms with van der Waals surface area (Å²) in [5, 5.41) is 3.38. The molecule has 0 aliphatic rings. The van der Waals surface area contributed by atoms with Gasteiger partial charge in [0.25, 0.3) is 0 Å². The van der Waals surface area contributed by atoms with Crippen LogP contribution in [-0.2, 0) is 21.4 Å². The third-order valence-corrected chi connectivity index (χ3v) is 7.00. The van der Waals surface area contributed by atoms with Crippen LogP contribution in [-0.4, -0.2) is 31.7 Å². The van der Waals surface area contributed by atoms with Crippen molar-refractivity contribution in [1.82, 2.24) is 9.62 Å². The number of carbonyl (C=O) groups excluding carboxylic acids is 1. The highest BCUT2D eigenvalue weighted by Gasteiger charge is 2.29. The number of hydrogen-bond acceptors (Lipinski definition) is 3. The van der Waals surface area contributed by atoms with Crippen LogP contribution < -0.4 is 5.32 Å². The minimum Gasteiger partial charge on any atom is -0.355 e. The van der Waals surface area contributed by atoms with Crippen molar-refractivity contribution in [3.8, 4) is 0 Å². The van der Waals surface area contributed by atoms with E-state index in [2.05, 4.69) is 5.32 Å². The Kier molecular flexibility index (Phi) is 8.25. The van der Waals surface area contributed by atoms with E-state index in [1.165, 1.54) is 4.31 Å². The summed E-state index contributed by atoms with van der Waals surface area (Å²) >= 11 is 5.95. The molecule has 0 fully saturated rings. The first-order valence-corrected chi connectivity index (χ1v) is 11.6. The van der Waals surface area contributed by atoms with Crippen molar-refractivity contribution in [3.05, 3.63) is 63.7 Å². The zero-order valence-corrected chi connectivity index (χ0v) is 19.0. The number of amides is 1. The van der Waals surface area contributed by atoms with Gasteiger partial charge in [0, 0.05) is 18.1 Å². The SMILES string of the molecule is CCCCNC(=O)CN(Cc1ccc(Cl)cc1)S(=O)(=O)c1c(C)cc(C)cc1C. The Balaban J connectivity index is 2.39. The molecule has 0 saturated carbocycles. The third kappa shape index (κ3) is 6.29. The van der Waals surface area contributed by atoms with E-state index in [1.807, 2.05) is 26.0 Å². The summed E-state index contributed by atoms with van der Waals surface area (Å²) in [6.07, 6.45) is 1.81. The van der Waals surface area contributed by atoms with Gasteiger partial charge in [-0.1, -0.05) is 54.8 Å². The van der Waals surface area contributed by atoms with Crippen LogP contribution in [0.2, 0.25) is 5.02 Å². The molecule has 0 atom stereocenters. The average Bonchev–Trinajstić information content (AvgIpc) is 2.62. The lowest BCUT2D eigenvalue weighted by Crippen LogP contribution is -2.41. The number of unbranched alkanes of at least 4 members (excludes halogenated alkanes) is 1. The largest absolute Gasteiger partial charge is 0.355 e. The third-order valence-electron chi connectivity index (χ3n) is 4.65. The normalized spacial score (nSPS) is 11.7. The molecule has 1 amide bonds. The van der Waals surface area contributed by atoms with Crippen molar-refractivity contribution in [2.45, 2.75) is 52.0 Å². The van der Waals surface area contributed by atoms with Crippen molar-refractivity contribution >= 4 is 27.5 Å². The second kappa shape index (κ2) is 10.2. The van der Waals surface area contributed by atoms with Crippen LogP contribution in [0.25, 0.3) is 0 Å². The lowest BCUT2D eigenvalue weighted by atomic mass is 10.1. The summed E-state index contributed by atoms with van der Waals surface area (Å²) in [4.78, 5) is 12.7. The molecule has 0 bridgehead atoms. The molecule has 0 aromatic heterocycles. The van der Waals surface area contributed by atoms with Gasteiger partial charge in [0.2, 0.25) is 15.9 Å². The number of rotatable bonds is 9. The van der Waals surface area contributed by atoms with Crippen LogP contribution in [0.4, 0.5) is 0 Å². The minimum atomic E-state index is -3.87. The Labute approximate surface area is 179 Å². The highest BCUT2D eigenvalue weighted by atomic mass is 35.5. The molecule has 7 heteroatoms. The first kappa shape index (κ1) is 23.4. The van der Waals surface area contributed by atoms with E-state index in [-0.39, 0.29) is 23.9 Å². The van der Waals surface area contributed by atoms with Gasteiger partial charge in [-0.25, -0.2) is 8.42 Å². The maximum absolute atomic E-state index is 13.5. The summed E-state index contributed by atoms with van der Waals surface area (Å²) in [6, 6.07) is 10.7. The van der Waals surface area contributed by atoms with E-state index in [1.54, 1.807) is 38.1 Å². The molecule has 1 N–H and O–H groups in total. The number of aryl methyl sites for hydroxylation is 3. The molecule has 0 heterocycles. The molecule has 2 rings (SSSR count). The maximum Gasteiger partial charge on any atom is 0.244 e.